The number of hydrogen-bond donors (Lipinski definition) is 1. The molecule has 0 spiro atoms. The SMILES string of the molecule is CC(=O)O[C@@H]1CC[C@@]2(C)C(=CC[C@@H]3[C@@H]2CC[C@]2(C)/C(=N\O)CC[C@@H]32)C1. The van der Waals surface area contributed by atoms with Crippen molar-refractivity contribution in [2.75, 3.05) is 0 Å². The smallest absolute Gasteiger partial charge is 0.302 e. The first-order chi connectivity index (χ1) is 11.9. The summed E-state index contributed by atoms with van der Waals surface area (Å²) in [5, 5.41) is 13.1. The summed E-state index contributed by atoms with van der Waals surface area (Å²) in [6.07, 6.45) is 11.2. The van der Waals surface area contributed by atoms with Gasteiger partial charge in [-0.15, -0.1) is 0 Å². The van der Waals surface area contributed by atoms with Gasteiger partial charge in [-0.1, -0.05) is 30.7 Å². The summed E-state index contributed by atoms with van der Waals surface area (Å²) in [7, 11) is 0. The van der Waals surface area contributed by atoms with E-state index in [1.165, 1.54) is 25.3 Å². The molecule has 0 heterocycles. The minimum absolute atomic E-state index is 0.0711. The molecule has 0 aromatic heterocycles. The van der Waals surface area contributed by atoms with Crippen molar-refractivity contribution in [2.24, 2.45) is 33.7 Å². The largest absolute Gasteiger partial charge is 0.462 e. The standard InChI is InChI=1S/C21H31NO3/c1-13(23)25-15-8-10-20(2)14(12-15)4-5-16-17-6-7-19(22-24)21(17,3)11-9-18(16)20/h4,15-18,24H,5-12H2,1-3H3/b22-19-/t15-,16+,17+,18+,20+,21+/m1/s1. The number of oxime groups is 1. The Labute approximate surface area is 150 Å². The number of carbonyl (C=O) groups excluding carboxylic acids is 1. The van der Waals surface area contributed by atoms with Gasteiger partial charge in [-0.25, -0.2) is 0 Å². The number of fused-ring (bicyclic) bond motifs is 5. The summed E-state index contributed by atoms with van der Waals surface area (Å²) in [5.41, 5.74) is 2.94. The highest BCUT2D eigenvalue weighted by molar-refractivity contribution is 5.92. The second-order valence-corrected chi connectivity index (χ2v) is 9.28. The highest BCUT2D eigenvalue weighted by atomic mass is 16.5. The lowest BCUT2D eigenvalue weighted by molar-refractivity contribution is -0.148. The Bertz CT molecular complexity index is 639. The zero-order valence-corrected chi connectivity index (χ0v) is 15.8. The van der Waals surface area contributed by atoms with Gasteiger partial charge in [-0.3, -0.25) is 4.79 Å². The zero-order chi connectivity index (χ0) is 17.8. The number of hydrogen-bond acceptors (Lipinski definition) is 4. The highest BCUT2D eigenvalue weighted by Crippen LogP contribution is 2.64. The molecule has 138 valence electrons. The second-order valence-electron chi connectivity index (χ2n) is 9.28. The van der Waals surface area contributed by atoms with Crippen molar-refractivity contribution in [1.82, 2.24) is 0 Å². The molecule has 0 amide bonds. The fraction of sp³-hybridized carbons (Fsp3) is 0.810. The van der Waals surface area contributed by atoms with Gasteiger partial charge in [0.1, 0.15) is 6.10 Å². The van der Waals surface area contributed by atoms with Crippen molar-refractivity contribution >= 4 is 11.7 Å². The molecule has 0 saturated heterocycles. The summed E-state index contributed by atoms with van der Waals surface area (Å²) in [4.78, 5) is 11.3. The van der Waals surface area contributed by atoms with Gasteiger partial charge >= 0.3 is 5.97 Å². The normalized spacial score (nSPS) is 47.5. The van der Waals surface area contributed by atoms with E-state index in [9.17, 15) is 10.0 Å². The summed E-state index contributed by atoms with van der Waals surface area (Å²) in [6.45, 7) is 6.30. The van der Waals surface area contributed by atoms with E-state index < -0.39 is 0 Å². The van der Waals surface area contributed by atoms with Gasteiger partial charge in [0.05, 0.1) is 5.71 Å². The van der Waals surface area contributed by atoms with Crippen LogP contribution in [0.4, 0.5) is 0 Å². The number of allylic oxidation sites excluding steroid dienone is 1. The van der Waals surface area contributed by atoms with E-state index in [2.05, 4.69) is 25.1 Å². The Morgan fingerprint density at radius 2 is 1.92 bits per heavy atom. The highest BCUT2D eigenvalue weighted by Gasteiger charge is 2.58. The third-order valence-corrected chi connectivity index (χ3v) is 8.25. The van der Waals surface area contributed by atoms with Gasteiger partial charge in [0.15, 0.2) is 0 Å². The molecule has 0 aliphatic heterocycles. The minimum Gasteiger partial charge on any atom is -0.462 e. The zero-order valence-electron chi connectivity index (χ0n) is 15.8. The van der Waals surface area contributed by atoms with Gasteiger partial charge < -0.3 is 9.94 Å². The molecule has 0 aromatic carbocycles. The molecule has 0 bridgehead atoms. The van der Waals surface area contributed by atoms with Crippen molar-refractivity contribution in [3.8, 4) is 0 Å². The lowest BCUT2D eigenvalue weighted by Gasteiger charge is -2.57. The van der Waals surface area contributed by atoms with E-state index in [0.29, 0.717) is 11.8 Å². The van der Waals surface area contributed by atoms with E-state index in [1.807, 2.05) is 0 Å². The van der Waals surface area contributed by atoms with E-state index in [1.54, 1.807) is 0 Å². The molecule has 4 heteroatoms. The molecule has 4 nitrogen and oxygen atoms in total. The quantitative estimate of drug-likeness (QED) is 0.324. The molecule has 1 N–H and O–H groups in total. The molecule has 6 atom stereocenters. The Kier molecular flexibility index (Phi) is 4.01. The van der Waals surface area contributed by atoms with Gasteiger partial charge in [0.25, 0.3) is 0 Å². The summed E-state index contributed by atoms with van der Waals surface area (Å²) < 4.78 is 5.51. The van der Waals surface area contributed by atoms with Crippen molar-refractivity contribution in [3.63, 3.8) is 0 Å². The summed E-state index contributed by atoms with van der Waals surface area (Å²) >= 11 is 0. The van der Waals surface area contributed by atoms with Crippen LogP contribution in [0.1, 0.15) is 72.1 Å². The first kappa shape index (κ1) is 17.1. The van der Waals surface area contributed by atoms with Gasteiger partial charge in [-0.2, -0.15) is 0 Å². The summed E-state index contributed by atoms with van der Waals surface area (Å²) in [6, 6.07) is 0. The molecule has 25 heavy (non-hydrogen) atoms. The van der Waals surface area contributed by atoms with Crippen LogP contribution in [0.25, 0.3) is 0 Å². The van der Waals surface area contributed by atoms with Gasteiger partial charge in [0, 0.05) is 18.8 Å². The Morgan fingerprint density at radius 1 is 1.20 bits per heavy atom. The van der Waals surface area contributed by atoms with E-state index in [0.717, 1.165) is 50.2 Å². The van der Waals surface area contributed by atoms with Crippen molar-refractivity contribution < 1.29 is 14.7 Å². The summed E-state index contributed by atoms with van der Waals surface area (Å²) in [5.74, 6) is 1.93. The molecule has 3 saturated carbocycles. The average Bonchev–Trinajstić information content (AvgIpc) is 2.91. The van der Waals surface area contributed by atoms with Crippen LogP contribution in [0.2, 0.25) is 0 Å². The molecule has 0 unspecified atom stereocenters. The molecular weight excluding hydrogens is 314 g/mol. The minimum atomic E-state index is -0.155. The molecule has 0 aromatic rings. The lowest BCUT2D eigenvalue weighted by Crippen LogP contribution is -2.50. The molecule has 4 rings (SSSR count). The van der Waals surface area contributed by atoms with E-state index in [4.69, 9.17) is 4.74 Å². The second kappa shape index (κ2) is 5.85. The van der Waals surface area contributed by atoms with Crippen LogP contribution >= 0.6 is 0 Å². The van der Waals surface area contributed by atoms with Gasteiger partial charge in [0.2, 0.25) is 0 Å². The lowest BCUT2D eigenvalue weighted by atomic mass is 9.48. The monoisotopic (exact) mass is 345 g/mol. The van der Waals surface area contributed by atoms with Crippen molar-refractivity contribution in [2.45, 2.75) is 78.2 Å². The molecule has 3 fully saturated rings. The maximum Gasteiger partial charge on any atom is 0.302 e. The van der Waals surface area contributed by atoms with Gasteiger partial charge in [-0.05, 0) is 68.1 Å². The van der Waals surface area contributed by atoms with Crippen LogP contribution in [-0.2, 0) is 9.53 Å². The van der Waals surface area contributed by atoms with Crippen LogP contribution in [0.5, 0.6) is 0 Å². The third-order valence-electron chi connectivity index (χ3n) is 8.25. The molecule has 4 aliphatic carbocycles. The average molecular weight is 345 g/mol. The van der Waals surface area contributed by atoms with Crippen LogP contribution in [0.15, 0.2) is 16.8 Å². The van der Waals surface area contributed by atoms with E-state index >= 15 is 0 Å². The number of ether oxygens (including phenoxy) is 1. The van der Waals surface area contributed by atoms with Crippen LogP contribution in [0, 0.1) is 28.6 Å². The number of esters is 1. The maximum atomic E-state index is 11.3. The van der Waals surface area contributed by atoms with Crippen LogP contribution < -0.4 is 0 Å². The van der Waals surface area contributed by atoms with E-state index in [-0.39, 0.29) is 22.9 Å². The Balaban J connectivity index is 1.60. The predicted octanol–water partition coefficient (Wildman–Crippen LogP) is 4.71. The Hall–Kier alpha value is -1.32. The third kappa shape index (κ3) is 2.47. The van der Waals surface area contributed by atoms with Crippen molar-refractivity contribution in [3.05, 3.63) is 11.6 Å². The fourth-order valence-corrected chi connectivity index (χ4v) is 6.92. The molecule has 4 aliphatic rings. The maximum absolute atomic E-state index is 11.3. The number of carbonyl (C=O) groups is 1. The topological polar surface area (TPSA) is 58.9 Å². The molecule has 0 radical (unpaired) electrons. The van der Waals surface area contributed by atoms with Crippen LogP contribution in [0.3, 0.4) is 0 Å². The fourth-order valence-electron chi connectivity index (χ4n) is 6.92. The number of rotatable bonds is 1. The first-order valence-corrected chi connectivity index (χ1v) is 9.96. The first-order valence-electron chi connectivity index (χ1n) is 9.96. The Morgan fingerprint density at radius 3 is 2.64 bits per heavy atom. The predicted molar refractivity (Wildman–Crippen MR) is 96.5 cm³/mol. The molecular formula is C21H31NO3. The number of nitrogens with zero attached hydrogens (tertiary/aromatic N) is 1. The van der Waals surface area contributed by atoms with Crippen molar-refractivity contribution in [1.29, 1.82) is 0 Å². The van der Waals surface area contributed by atoms with Crippen LogP contribution in [-0.4, -0.2) is 23.0 Å².